The number of imidazole rings is 1. The van der Waals surface area contributed by atoms with Crippen molar-refractivity contribution in [3.8, 4) is 0 Å². The summed E-state index contributed by atoms with van der Waals surface area (Å²) in [4.78, 5) is 19.2. The summed E-state index contributed by atoms with van der Waals surface area (Å²) in [5.74, 6) is -1.04. The molecule has 0 unspecified atom stereocenters. The molecule has 0 aromatic carbocycles. The van der Waals surface area contributed by atoms with Gasteiger partial charge in [-0.05, 0) is 12.8 Å². The molecule has 2 aromatic rings. The fourth-order valence-electron chi connectivity index (χ4n) is 1.97. The van der Waals surface area contributed by atoms with Crippen molar-refractivity contribution in [3.05, 3.63) is 30.0 Å². The van der Waals surface area contributed by atoms with Gasteiger partial charge >= 0.3 is 5.97 Å². The van der Waals surface area contributed by atoms with Crippen molar-refractivity contribution in [2.75, 3.05) is 0 Å². The molecule has 5 heteroatoms. The minimum Gasteiger partial charge on any atom is -0.476 e. The van der Waals surface area contributed by atoms with Crippen molar-refractivity contribution in [3.63, 3.8) is 0 Å². The summed E-state index contributed by atoms with van der Waals surface area (Å²) < 4.78 is 1.73. The normalized spacial score (nSPS) is 10.9. The fraction of sp³-hybridized carbons (Fsp3) is 0.462. The van der Waals surface area contributed by atoms with Crippen LogP contribution in [-0.4, -0.2) is 25.4 Å². The number of hydrogen-bond donors (Lipinski definition) is 1. The van der Waals surface area contributed by atoms with E-state index in [1.807, 2.05) is 6.20 Å². The largest absolute Gasteiger partial charge is 0.476 e. The molecule has 0 saturated heterocycles. The van der Waals surface area contributed by atoms with Crippen molar-refractivity contribution in [2.45, 2.75) is 39.0 Å². The van der Waals surface area contributed by atoms with E-state index >= 15 is 0 Å². The maximum absolute atomic E-state index is 11.0. The van der Waals surface area contributed by atoms with Crippen molar-refractivity contribution in [1.82, 2.24) is 14.4 Å². The molecule has 96 valence electrons. The standard InChI is InChI=1S/C13H17N3O2/c1-2-3-4-5-6-10-9-16-8-7-14-11(13(17)18)12(16)15-10/h7-9H,2-6H2,1H3,(H,17,18). The maximum atomic E-state index is 11.0. The zero-order valence-electron chi connectivity index (χ0n) is 10.5. The molecule has 1 N–H and O–H groups in total. The summed E-state index contributed by atoms with van der Waals surface area (Å²) in [7, 11) is 0. The second-order valence-corrected chi connectivity index (χ2v) is 4.35. The second kappa shape index (κ2) is 5.62. The monoisotopic (exact) mass is 247 g/mol. The van der Waals surface area contributed by atoms with Gasteiger partial charge in [-0.2, -0.15) is 0 Å². The van der Waals surface area contributed by atoms with Gasteiger partial charge in [0.05, 0.1) is 5.69 Å². The van der Waals surface area contributed by atoms with Crippen molar-refractivity contribution in [2.24, 2.45) is 0 Å². The van der Waals surface area contributed by atoms with Gasteiger partial charge in [-0.15, -0.1) is 0 Å². The van der Waals surface area contributed by atoms with E-state index in [1.165, 1.54) is 25.5 Å². The lowest BCUT2D eigenvalue weighted by Gasteiger charge is -1.95. The number of aromatic nitrogens is 3. The van der Waals surface area contributed by atoms with Crippen molar-refractivity contribution in [1.29, 1.82) is 0 Å². The number of carboxylic acids is 1. The van der Waals surface area contributed by atoms with Crippen LogP contribution < -0.4 is 0 Å². The minimum absolute atomic E-state index is 0.0114. The smallest absolute Gasteiger partial charge is 0.358 e. The van der Waals surface area contributed by atoms with Crippen LogP contribution in [0, 0.1) is 0 Å². The van der Waals surface area contributed by atoms with Crippen LogP contribution in [0.4, 0.5) is 0 Å². The first kappa shape index (κ1) is 12.5. The number of aromatic carboxylic acids is 1. The van der Waals surface area contributed by atoms with Gasteiger partial charge in [0.25, 0.3) is 0 Å². The lowest BCUT2D eigenvalue weighted by Crippen LogP contribution is -2.03. The molecule has 0 amide bonds. The SMILES string of the molecule is CCCCCCc1cn2ccnc(C(=O)O)c2n1. The zero-order valence-corrected chi connectivity index (χ0v) is 10.5. The van der Waals surface area contributed by atoms with Gasteiger partial charge in [0, 0.05) is 18.6 Å². The van der Waals surface area contributed by atoms with E-state index in [-0.39, 0.29) is 5.69 Å². The zero-order chi connectivity index (χ0) is 13.0. The first-order valence-corrected chi connectivity index (χ1v) is 6.28. The minimum atomic E-state index is -1.04. The first-order chi connectivity index (χ1) is 8.72. The van der Waals surface area contributed by atoms with Gasteiger partial charge < -0.3 is 9.51 Å². The van der Waals surface area contributed by atoms with Gasteiger partial charge in [0.2, 0.25) is 0 Å². The number of unbranched alkanes of at least 4 members (excludes halogenated alkanes) is 3. The summed E-state index contributed by atoms with van der Waals surface area (Å²) in [6.45, 7) is 2.18. The Labute approximate surface area is 105 Å². The van der Waals surface area contributed by atoms with Crippen molar-refractivity contribution < 1.29 is 9.90 Å². The number of rotatable bonds is 6. The highest BCUT2D eigenvalue weighted by molar-refractivity contribution is 5.91. The van der Waals surface area contributed by atoms with Gasteiger partial charge in [0.1, 0.15) is 0 Å². The Morgan fingerprint density at radius 2 is 2.22 bits per heavy atom. The molecule has 2 rings (SSSR count). The molecule has 0 radical (unpaired) electrons. The molecule has 0 aliphatic heterocycles. The van der Waals surface area contributed by atoms with E-state index in [2.05, 4.69) is 16.9 Å². The third-order valence-corrected chi connectivity index (χ3v) is 2.91. The molecule has 0 aliphatic carbocycles. The Morgan fingerprint density at radius 1 is 1.39 bits per heavy atom. The molecule has 5 nitrogen and oxygen atoms in total. The molecule has 0 fully saturated rings. The molecule has 2 aromatic heterocycles. The Bertz CT molecular complexity index is 548. The number of carbonyl (C=O) groups is 1. The Morgan fingerprint density at radius 3 is 2.94 bits per heavy atom. The molecule has 0 atom stereocenters. The maximum Gasteiger partial charge on any atom is 0.358 e. The van der Waals surface area contributed by atoms with Crippen LogP contribution in [0.3, 0.4) is 0 Å². The fourth-order valence-corrected chi connectivity index (χ4v) is 1.97. The molecule has 2 heterocycles. The topological polar surface area (TPSA) is 67.5 Å². The van der Waals surface area contributed by atoms with Crippen LogP contribution >= 0.6 is 0 Å². The van der Waals surface area contributed by atoms with Gasteiger partial charge in [-0.3, -0.25) is 0 Å². The molecular formula is C13H17N3O2. The van der Waals surface area contributed by atoms with Crippen LogP contribution in [0.2, 0.25) is 0 Å². The average Bonchev–Trinajstić information content (AvgIpc) is 2.76. The summed E-state index contributed by atoms with van der Waals surface area (Å²) in [5, 5.41) is 9.02. The molecular weight excluding hydrogens is 230 g/mol. The quantitative estimate of drug-likeness (QED) is 0.796. The van der Waals surface area contributed by atoms with Crippen molar-refractivity contribution >= 4 is 11.6 Å². The number of fused-ring (bicyclic) bond motifs is 1. The Balaban J connectivity index is 2.17. The van der Waals surface area contributed by atoms with E-state index in [0.717, 1.165) is 18.5 Å². The van der Waals surface area contributed by atoms with E-state index in [0.29, 0.717) is 5.65 Å². The van der Waals surface area contributed by atoms with E-state index in [9.17, 15) is 4.79 Å². The van der Waals surface area contributed by atoms with E-state index < -0.39 is 5.97 Å². The predicted octanol–water partition coefficient (Wildman–Crippen LogP) is 2.55. The van der Waals surface area contributed by atoms with Gasteiger partial charge in [-0.1, -0.05) is 26.2 Å². The van der Waals surface area contributed by atoms with Crippen LogP contribution in [0.25, 0.3) is 5.65 Å². The summed E-state index contributed by atoms with van der Waals surface area (Å²) in [6.07, 6.45) is 10.7. The summed E-state index contributed by atoms with van der Waals surface area (Å²) in [5.41, 5.74) is 1.37. The van der Waals surface area contributed by atoms with Crippen LogP contribution in [0.15, 0.2) is 18.6 Å². The van der Waals surface area contributed by atoms with Gasteiger partial charge in [0.15, 0.2) is 11.3 Å². The van der Waals surface area contributed by atoms with Crippen LogP contribution in [-0.2, 0) is 6.42 Å². The lowest BCUT2D eigenvalue weighted by molar-refractivity contribution is 0.0692. The molecule has 0 bridgehead atoms. The average molecular weight is 247 g/mol. The van der Waals surface area contributed by atoms with Crippen LogP contribution in [0.1, 0.15) is 48.8 Å². The highest BCUT2D eigenvalue weighted by Gasteiger charge is 2.13. The lowest BCUT2D eigenvalue weighted by atomic mass is 10.1. The van der Waals surface area contributed by atoms with Gasteiger partial charge in [-0.25, -0.2) is 14.8 Å². The molecule has 0 aliphatic rings. The number of nitrogens with zero attached hydrogens (tertiary/aromatic N) is 3. The highest BCUT2D eigenvalue weighted by Crippen LogP contribution is 2.11. The number of carboxylic acid groups (broad SMARTS) is 1. The predicted molar refractivity (Wildman–Crippen MR) is 67.8 cm³/mol. The first-order valence-electron chi connectivity index (χ1n) is 6.28. The summed E-state index contributed by atoms with van der Waals surface area (Å²) >= 11 is 0. The molecule has 0 saturated carbocycles. The molecule has 0 spiro atoms. The Hall–Kier alpha value is -1.91. The Kier molecular flexibility index (Phi) is 3.92. The summed E-state index contributed by atoms with van der Waals surface area (Å²) in [6, 6.07) is 0. The number of hydrogen-bond acceptors (Lipinski definition) is 3. The van der Waals surface area contributed by atoms with E-state index in [4.69, 9.17) is 5.11 Å². The number of aryl methyl sites for hydroxylation is 1. The third-order valence-electron chi connectivity index (χ3n) is 2.91. The third kappa shape index (κ3) is 2.67. The highest BCUT2D eigenvalue weighted by atomic mass is 16.4. The van der Waals surface area contributed by atoms with E-state index in [1.54, 1.807) is 10.6 Å². The van der Waals surface area contributed by atoms with Crippen LogP contribution in [0.5, 0.6) is 0 Å². The second-order valence-electron chi connectivity index (χ2n) is 4.35. The molecule has 18 heavy (non-hydrogen) atoms.